The second-order valence-corrected chi connectivity index (χ2v) is 7.54. The Morgan fingerprint density at radius 2 is 1.34 bits per heavy atom. The quantitative estimate of drug-likeness (QED) is 0.120. The highest BCUT2D eigenvalue weighted by Gasteiger charge is 2.31. The molecule has 0 aromatic heterocycles. The summed E-state index contributed by atoms with van der Waals surface area (Å²) < 4.78 is 0. The van der Waals surface area contributed by atoms with Crippen LogP contribution in [0, 0.1) is 5.92 Å². The number of aliphatic hydroxyl groups is 1. The third kappa shape index (κ3) is 11.2. The van der Waals surface area contributed by atoms with Gasteiger partial charge in [-0.3, -0.25) is 24.0 Å². The van der Waals surface area contributed by atoms with E-state index in [1.165, 1.54) is 0 Å². The summed E-state index contributed by atoms with van der Waals surface area (Å²) >= 11 is 0. The van der Waals surface area contributed by atoms with Gasteiger partial charge in [0.1, 0.15) is 18.1 Å². The number of amides is 4. The van der Waals surface area contributed by atoms with Crippen molar-refractivity contribution in [2.75, 3.05) is 6.61 Å². The number of primary amides is 1. The van der Waals surface area contributed by atoms with Gasteiger partial charge in [0.2, 0.25) is 23.6 Å². The SMILES string of the molecule is CC(C)CC(NC(=O)C(CO)NC(=O)C(N)CCC(=O)O)C(=O)NC(CC(N)=O)C(=O)O. The lowest BCUT2D eigenvalue weighted by molar-refractivity contribution is -0.144. The maximum Gasteiger partial charge on any atom is 0.326 e. The molecule has 0 aromatic carbocycles. The molecule has 0 bridgehead atoms. The topological polar surface area (TPSA) is 251 Å². The normalized spacial score (nSPS) is 14.5. The Morgan fingerprint density at radius 3 is 1.78 bits per heavy atom. The monoisotopic (exact) mass is 461 g/mol. The summed E-state index contributed by atoms with van der Waals surface area (Å²) in [6, 6.07) is -5.59. The maximum atomic E-state index is 12.5. The van der Waals surface area contributed by atoms with Crippen molar-refractivity contribution in [1.82, 2.24) is 16.0 Å². The van der Waals surface area contributed by atoms with Gasteiger partial charge in [0.05, 0.1) is 19.1 Å². The number of hydrogen-bond acceptors (Lipinski definition) is 8. The van der Waals surface area contributed by atoms with E-state index in [4.69, 9.17) is 21.7 Å². The number of carboxylic acid groups (broad SMARTS) is 2. The largest absolute Gasteiger partial charge is 0.481 e. The molecule has 0 heterocycles. The third-order valence-corrected chi connectivity index (χ3v) is 4.18. The van der Waals surface area contributed by atoms with E-state index in [2.05, 4.69) is 16.0 Å². The van der Waals surface area contributed by atoms with E-state index >= 15 is 0 Å². The first-order valence-electron chi connectivity index (χ1n) is 9.78. The number of carbonyl (C=O) groups is 6. The summed E-state index contributed by atoms with van der Waals surface area (Å²) in [5.74, 6) is -6.47. The van der Waals surface area contributed by atoms with Crippen LogP contribution in [-0.2, 0) is 28.8 Å². The first kappa shape index (κ1) is 28.7. The van der Waals surface area contributed by atoms with Crippen LogP contribution in [0.2, 0.25) is 0 Å². The Balaban J connectivity index is 5.25. The van der Waals surface area contributed by atoms with Crippen molar-refractivity contribution in [2.45, 2.75) is 63.7 Å². The molecule has 14 heteroatoms. The standard InChI is InChI=1S/C18H31N5O9/c1-8(2)5-10(16(29)22-11(18(31)32)6-13(20)25)21-17(30)12(7-24)23-15(28)9(19)3-4-14(26)27/h8-12,24H,3-7,19H2,1-2H3,(H2,20,25)(H,21,30)(H,22,29)(H,23,28)(H,26,27)(H,31,32). The lowest BCUT2D eigenvalue weighted by atomic mass is 10.0. The van der Waals surface area contributed by atoms with Crippen LogP contribution in [0.5, 0.6) is 0 Å². The molecule has 4 unspecified atom stereocenters. The molecule has 0 saturated carbocycles. The average Bonchev–Trinajstić information content (AvgIpc) is 2.67. The molecule has 32 heavy (non-hydrogen) atoms. The summed E-state index contributed by atoms with van der Waals surface area (Å²) in [4.78, 5) is 69.9. The fourth-order valence-corrected chi connectivity index (χ4v) is 2.53. The maximum absolute atomic E-state index is 12.5. The Hall–Kier alpha value is -3.26. The van der Waals surface area contributed by atoms with E-state index in [0.29, 0.717) is 0 Å². The van der Waals surface area contributed by atoms with Crippen LogP contribution < -0.4 is 27.4 Å². The Kier molecular flexibility index (Phi) is 12.5. The van der Waals surface area contributed by atoms with Crippen LogP contribution in [0.4, 0.5) is 0 Å². The molecular weight excluding hydrogens is 430 g/mol. The number of nitrogens with one attached hydrogen (secondary N) is 3. The van der Waals surface area contributed by atoms with Gasteiger partial charge in [0.25, 0.3) is 0 Å². The highest BCUT2D eigenvalue weighted by atomic mass is 16.4. The summed E-state index contributed by atoms with van der Waals surface area (Å²) in [6.45, 7) is 2.62. The van der Waals surface area contributed by atoms with E-state index in [0.717, 1.165) is 0 Å². The van der Waals surface area contributed by atoms with Gasteiger partial charge in [-0.05, 0) is 18.8 Å². The van der Waals surface area contributed by atoms with Crippen LogP contribution >= 0.6 is 0 Å². The lowest BCUT2D eigenvalue weighted by Crippen LogP contribution is -2.58. The predicted molar refractivity (Wildman–Crippen MR) is 109 cm³/mol. The fourth-order valence-electron chi connectivity index (χ4n) is 2.53. The molecule has 182 valence electrons. The number of rotatable bonds is 15. The Morgan fingerprint density at radius 1 is 0.844 bits per heavy atom. The van der Waals surface area contributed by atoms with Crippen LogP contribution in [0.15, 0.2) is 0 Å². The van der Waals surface area contributed by atoms with E-state index in [9.17, 15) is 33.9 Å². The highest BCUT2D eigenvalue weighted by molar-refractivity contribution is 5.95. The van der Waals surface area contributed by atoms with Gasteiger partial charge in [-0.2, -0.15) is 0 Å². The first-order valence-corrected chi connectivity index (χ1v) is 9.78. The smallest absolute Gasteiger partial charge is 0.326 e. The molecule has 0 aromatic rings. The molecule has 0 aliphatic carbocycles. The van der Waals surface area contributed by atoms with Crippen LogP contribution in [0.25, 0.3) is 0 Å². The molecule has 0 aliphatic heterocycles. The van der Waals surface area contributed by atoms with Crippen molar-refractivity contribution in [3.05, 3.63) is 0 Å². The molecule has 0 spiro atoms. The first-order chi connectivity index (χ1) is 14.8. The molecule has 0 rings (SSSR count). The number of aliphatic carboxylic acids is 2. The van der Waals surface area contributed by atoms with Crippen molar-refractivity contribution in [2.24, 2.45) is 17.4 Å². The molecular formula is C18H31N5O9. The van der Waals surface area contributed by atoms with Crippen molar-refractivity contribution in [3.8, 4) is 0 Å². The van der Waals surface area contributed by atoms with Gasteiger partial charge in [0, 0.05) is 6.42 Å². The molecule has 10 N–H and O–H groups in total. The summed E-state index contributed by atoms with van der Waals surface area (Å²) in [5.41, 5.74) is 10.5. The average molecular weight is 461 g/mol. The van der Waals surface area contributed by atoms with E-state index in [1.54, 1.807) is 13.8 Å². The number of carbonyl (C=O) groups excluding carboxylic acids is 4. The van der Waals surface area contributed by atoms with Crippen LogP contribution in [0.3, 0.4) is 0 Å². The van der Waals surface area contributed by atoms with Gasteiger partial charge < -0.3 is 42.7 Å². The number of nitrogens with two attached hydrogens (primary N) is 2. The predicted octanol–water partition coefficient (Wildman–Crippen LogP) is -3.37. The summed E-state index contributed by atoms with van der Waals surface area (Å²) in [6.07, 6.45) is -1.16. The molecule has 14 nitrogen and oxygen atoms in total. The minimum atomic E-state index is -1.60. The van der Waals surface area contributed by atoms with Gasteiger partial charge in [-0.25, -0.2) is 4.79 Å². The third-order valence-electron chi connectivity index (χ3n) is 4.18. The fraction of sp³-hybridized carbons (Fsp3) is 0.667. The van der Waals surface area contributed by atoms with Gasteiger partial charge in [-0.1, -0.05) is 13.8 Å². The van der Waals surface area contributed by atoms with Crippen molar-refractivity contribution in [3.63, 3.8) is 0 Å². The van der Waals surface area contributed by atoms with Crippen molar-refractivity contribution < 1.29 is 44.1 Å². The number of carboxylic acids is 2. The summed E-state index contributed by atoms with van der Waals surface area (Å²) in [7, 11) is 0. The van der Waals surface area contributed by atoms with E-state index in [-0.39, 0.29) is 25.2 Å². The number of hydrogen-bond donors (Lipinski definition) is 8. The second-order valence-electron chi connectivity index (χ2n) is 7.54. The zero-order valence-electron chi connectivity index (χ0n) is 17.9. The molecule has 0 saturated heterocycles. The minimum Gasteiger partial charge on any atom is -0.481 e. The molecule has 4 amide bonds. The molecule has 0 aliphatic rings. The highest BCUT2D eigenvalue weighted by Crippen LogP contribution is 2.07. The van der Waals surface area contributed by atoms with Crippen LogP contribution in [0.1, 0.15) is 39.5 Å². The van der Waals surface area contributed by atoms with Gasteiger partial charge >= 0.3 is 11.9 Å². The molecule has 4 atom stereocenters. The van der Waals surface area contributed by atoms with Crippen LogP contribution in [-0.4, -0.2) is 81.7 Å². The zero-order chi connectivity index (χ0) is 25.0. The Labute approximate surface area is 184 Å². The van der Waals surface area contributed by atoms with E-state index in [1.807, 2.05) is 0 Å². The lowest BCUT2D eigenvalue weighted by Gasteiger charge is -2.25. The van der Waals surface area contributed by atoms with Gasteiger partial charge in [-0.15, -0.1) is 0 Å². The van der Waals surface area contributed by atoms with Crippen molar-refractivity contribution >= 4 is 35.6 Å². The summed E-state index contributed by atoms with van der Waals surface area (Å²) in [5, 5.41) is 33.8. The second kappa shape index (κ2) is 13.9. The Bertz CT molecular complexity index is 713. The zero-order valence-corrected chi connectivity index (χ0v) is 17.9. The van der Waals surface area contributed by atoms with Gasteiger partial charge in [0.15, 0.2) is 0 Å². The van der Waals surface area contributed by atoms with E-state index < -0.39 is 72.8 Å². The van der Waals surface area contributed by atoms with Crippen molar-refractivity contribution in [1.29, 1.82) is 0 Å². The minimum absolute atomic E-state index is 0.0741. The molecule has 0 radical (unpaired) electrons. The molecule has 0 fully saturated rings. The number of aliphatic hydroxyl groups excluding tert-OH is 1.